The molecule has 1 heterocycles. The van der Waals surface area contributed by atoms with Crippen LogP contribution in [0.3, 0.4) is 0 Å². The Hall–Kier alpha value is -1.30. The zero-order chi connectivity index (χ0) is 13.2. The molecule has 1 aromatic heterocycles. The van der Waals surface area contributed by atoms with Crippen molar-refractivity contribution in [3.05, 3.63) is 24.0 Å². The molecule has 0 aromatic carbocycles. The summed E-state index contributed by atoms with van der Waals surface area (Å²) in [7, 11) is 1.77. The van der Waals surface area contributed by atoms with E-state index in [2.05, 4.69) is 10.3 Å². The number of anilines is 1. The van der Waals surface area contributed by atoms with E-state index in [1.165, 1.54) is 4.90 Å². The van der Waals surface area contributed by atoms with Gasteiger partial charge in [-0.25, -0.2) is 0 Å². The maximum atomic E-state index is 12.5. The Morgan fingerprint density at radius 2 is 2.17 bits per heavy atom. The number of rotatable bonds is 5. The summed E-state index contributed by atoms with van der Waals surface area (Å²) >= 11 is 0. The molecule has 1 aromatic rings. The number of aromatic nitrogens is 1. The summed E-state index contributed by atoms with van der Waals surface area (Å²) < 4.78 is 37.4. The third-order valence-electron chi connectivity index (χ3n) is 2.92. The fourth-order valence-corrected chi connectivity index (χ4v) is 1.91. The van der Waals surface area contributed by atoms with Crippen LogP contribution < -0.4 is 5.32 Å². The monoisotopic (exact) mass is 259 g/mol. The number of halogens is 3. The second kappa shape index (κ2) is 5.14. The standard InChI is InChI=1S/C12H16F3N3/c1-16-9-4-5-17-10(6-9)7-18(11-2-3-11)8-12(13,14)15/h4-6,11H,2-3,7-8H2,1H3,(H,16,17). The van der Waals surface area contributed by atoms with Crippen molar-refractivity contribution in [2.24, 2.45) is 0 Å². The smallest absolute Gasteiger partial charge is 0.388 e. The van der Waals surface area contributed by atoms with E-state index >= 15 is 0 Å². The van der Waals surface area contributed by atoms with Crippen LogP contribution in [0.25, 0.3) is 0 Å². The second-order valence-electron chi connectivity index (χ2n) is 4.54. The molecule has 0 aliphatic heterocycles. The van der Waals surface area contributed by atoms with Gasteiger partial charge < -0.3 is 5.32 Å². The highest BCUT2D eigenvalue weighted by Crippen LogP contribution is 2.31. The van der Waals surface area contributed by atoms with Crippen LogP contribution in [0, 0.1) is 0 Å². The third kappa shape index (κ3) is 3.87. The van der Waals surface area contributed by atoms with Crippen LogP contribution in [-0.4, -0.2) is 35.7 Å². The molecule has 1 aliphatic carbocycles. The molecule has 18 heavy (non-hydrogen) atoms. The van der Waals surface area contributed by atoms with E-state index in [1.54, 1.807) is 25.4 Å². The van der Waals surface area contributed by atoms with E-state index in [0.717, 1.165) is 18.5 Å². The highest BCUT2D eigenvalue weighted by atomic mass is 19.4. The van der Waals surface area contributed by atoms with Gasteiger partial charge in [0.1, 0.15) is 0 Å². The van der Waals surface area contributed by atoms with Crippen LogP contribution >= 0.6 is 0 Å². The number of nitrogens with zero attached hydrogens (tertiary/aromatic N) is 2. The Bertz CT molecular complexity index is 402. The lowest BCUT2D eigenvalue weighted by atomic mass is 10.3. The molecule has 1 aliphatic rings. The Morgan fingerprint density at radius 1 is 1.44 bits per heavy atom. The first kappa shape index (κ1) is 13.1. The number of hydrogen-bond acceptors (Lipinski definition) is 3. The summed E-state index contributed by atoms with van der Waals surface area (Å²) in [6.07, 6.45) is -0.841. The van der Waals surface area contributed by atoms with Gasteiger partial charge in [-0.05, 0) is 25.0 Å². The summed E-state index contributed by atoms with van der Waals surface area (Å²) in [6.45, 7) is -0.608. The topological polar surface area (TPSA) is 28.2 Å². The Balaban J connectivity index is 2.03. The van der Waals surface area contributed by atoms with Gasteiger partial charge in [0.2, 0.25) is 0 Å². The molecule has 0 unspecified atom stereocenters. The maximum absolute atomic E-state index is 12.5. The number of hydrogen-bond donors (Lipinski definition) is 1. The number of pyridine rings is 1. The van der Waals surface area contributed by atoms with Gasteiger partial charge >= 0.3 is 6.18 Å². The van der Waals surface area contributed by atoms with Gasteiger partial charge in [-0.15, -0.1) is 0 Å². The quantitative estimate of drug-likeness (QED) is 0.881. The summed E-state index contributed by atoms with van der Waals surface area (Å²) in [6, 6.07) is 3.63. The van der Waals surface area contributed by atoms with Crippen molar-refractivity contribution >= 4 is 5.69 Å². The van der Waals surface area contributed by atoms with Crippen molar-refractivity contribution in [1.82, 2.24) is 9.88 Å². The van der Waals surface area contributed by atoms with E-state index in [0.29, 0.717) is 5.69 Å². The first-order valence-electron chi connectivity index (χ1n) is 5.91. The Labute approximate surface area is 104 Å². The minimum atomic E-state index is -4.15. The third-order valence-corrected chi connectivity index (χ3v) is 2.92. The Kier molecular flexibility index (Phi) is 3.75. The predicted octanol–water partition coefficient (Wildman–Crippen LogP) is 2.65. The molecule has 0 bridgehead atoms. The van der Waals surface area contributed by atoms with E-state index in [9.17, 15) is 13.2 Å². The summed E-state index contributed by atoms with van der Waals surface area (Å²) in [5.74, 6) is 0. The zero-order valence-electron chi connectivity index (χ0n) is 10.2. The van der Waals surface area contributed by atoms with Crippen LogP contribution in [0.15, 0.2) is 18.3 Å². The molecule has 3 nitrogen and oxygen atoms in total. The second-order valence-corrected chi connectivity index (χ2v) is 4.54. The van der Waals surface area contributed by atoms with Crippen LogP contribution in [0.5, 0.6) is 0 Å². The van der Waals surface area contributed by atoms with Crippen LogP contribution in [0.2, 0.25) is 0 Å². The fraction of sp³-hybridized carbons (Fsp3) is 0.583. The van der Waals surface area contributed by atoms with E-state index < -0.39 is 12.7 Å². The van der Waals surface area contributed by atoms with Gasteiger partial charge in [0.15, 0.2) is 0 Å². The molecular weight excluding hydrogens is 243 g/mol. The molecule has 0 saturated heterocycles. The van der Waals surface area contributed by atoms with Crippen molar-refractivity contribution < 1.29 is 13.2 Å². The molecule has 6 heteroatoms. The first-order chi connectivity index (χ1) is 8.48. The van der Waals surface area contributed by atoms with Gasteiger partial charge in [0.25, 0.3) is 0 Å². The number of nitrogens with one attached hydrogen (secondary N) is 1. The molecule has 1 fully saturated rings. The van der Waals surface area contributed by atoms with Crippen molar-refractivity contribution in [2.75, 3.05) is 18.9 Å². The molecule has 0 atom stereocenters. The van der Waals surface area contributed by atoms with Crippen LogP contribution in [-0.2, 0) is 6.54 Å². The minimum Gasteiger partial charge on any atom is -0.388 e. The first-order valence-corrected chi connectivity index (χ1v) is 5.91. The average molecular weight is 259 g/mol. The molecule has 2 rings (SSSR count). The predicted molar refractivity (Wildman–Crippen MR) is 63.3 cm³/mol. The summed E-state index contributed by atoms with van der Waals surface area (Å²) in [5, 5.41) is 2.95. The average Bonchev–Trinajstić information content (AvgIpc) is 3.10. The zero-order valence-corrected chi connectivity index (χ0v) is 10.2. The van der Waals surface area contributed by atoms with E-state index in [1.807, 2.05) is 0 Å². The lowest BCUT2D eigenvalue weighted by Crippen LogP contribution is -2.35. The molecule has 1 N–H and O–H groups in total. The van der Waals surface area contributed by atoms with Gasteiger partial charge in [-0.3, -0.25) is 9.88 Å². The molecule has 100 valence electrons. The normalized spacial score (nSPS) is 16.1. The van der Waals surface area contributed by atoms with Gasteiger partial charge in [0.05, 0.1) is 12.2 Å². The largest absolute Gasteiger partial charge is 0.401 e. The van der Waals surface area contributed by atoms with E-state index in [4.69, 9.17) is 0 Å². The molecule has 0 radical (unpaired) electrons. The lowest BCUT2D eigenvalue weighted by Gasteiger charge is -2.23. The molecule has 0 spiro atoms. The highest BCUT2D eigenvalue weighted by molar-refractivity contribution is 5.42. The van der Waals surface area contributed by atoms with Crippen molar-refractivity contribution in [3.8, 4) is 0 Å². The molecular formula is C12H16F3N3. The fourth-order valence-electron chi connectivity index (χ4n) is 1.91. The summed E-state index contributed by atoms with van der Waals surface area (Å²) in [5.41, 5.74) is 1.53. The van der Waals surface area contributed by atoms with Gasteiger partial charge in [-0.2, -0.15) is 13.2 Å². The number of alkyl halides is 3. The lowest BCUT2D eigenvalue weighted by molar-refractivity contribution is -0.148. The molecule has 0 amide bonds. The van der Waals surface area contributed by atoms with Crippen LogP contribution in [0.4, 0.5) is 18.9 Å². The SMILES string of the molecule is CNc1ccnc(CN(CC(F)(F)F)C2CC2)c1. The minimum absolute atomic E-state index is 0.0617. The summed E-state index contributed by atoms with van der Waals surface area (Å²) in [4.78, 5) is 5.58. The van der Waals surface area contributed by atoms with Crippen molar-refractivity contribution in [3.63, 3.8) is 0 Å². The van der Waals surface area contributed by atoms with Crippen molar-refractivity contribution in [2.45, 2.75) is 31.6 Å². The van der Waals surface area contributed by atoms with E-state index in [-0.39, 0.29) is 12.6 Å². The van der Waals surface area contributed by atoms with Crippen molar-refractivity contribution in [1.29, 1.82) is 0 Å². The van der Waals surface area contributed by atoms with Gasteiger partial charge in [-0.1, -0.05) is 0 Å². The highest BCUT2D eigenvalue weighted by Gasteiger charge is 2.38. The maximum Gasteiger partial charge on any atom is 0.401 e. The Morgan fingerprint density at radius 3 is 2.72 bits per heavy atom. The van der Waals surface area contributed by atoms with Gasteiger partial charge in [0, 0.05) is 31.5 Å². The molecule has 1 saturated carbocycles. The van der Waals surface area contributed by atoms with Crippen LogP contribution in [0.1, 0.15) is 18.5 Å².